The van der Waals surface area contributed by atoms with E-state index in [9.17, 15) is 21.2 Å². The van der Waals surface area contributed by atoms with Crippen LogP contribution in [0.1, 0.15) is 12.0 Å². The SMILES string of the molecule is CN(C)S(=O)(=O)c1ccc(S(=O)(=O)N2CC=C(c3ccc(F)cc3)CC2)cc1. The van der Waals surface area contributed by atoms with Crippen LogP contribution in [0, 0.1) is 5.82 Å². The lowest BCUT2D eigenvalue weighted by molar-refractivity contribution is 0.441. The number of nitrogens with zero attached hydrogens (tertiary/aromatic N) is 2. The molecule has 1 aliphatic rings. The minimum atomic E-state index is -3.74. The molecule has 3 rings (SSSR count). The van der Waals surface area contributed by atoms with Gasteiger partial charge in [-0.3, -0.25) is 0 Å². The van der Waals surface area contributed by atoms with Crippen molar-refractivity contribution in [3.63, 3.8) is 0 Å². The van der Waals surface area contributed by atoms with E-state index in [1.807, 2.05) is 6.08 Å². The molecule has 0 bridgehead atoms. The lowest BCUT2D eigenvalue weighted by Gasteiger charge is -2.26. The van der Waals surface area contributed by atoms with Gasteiger partial charge in [0, 0.05) is 27.2 Å². The highest BCUT2D eigenvalue weighted by atomic mass is 32.2. The number of halogens is 1. The number of benzene rings is 2. The maximum atomic E-state index is 13.1. The van der Waals surface area contributed by atoms with E-state index in [0.717, 1.165) is 15.4 Å². The Morgan fingerprint density at radius 3 is 1.96 bits per heavy atom. The fourth-order valence-corrected chi connectivity index (χ4v) is 5.22. The van der Waals surface area contributed by atoms with Gasteiger partial charge < -0.3 is 0 Å². The Morgan fingerprint density at radius 1 is 0.893 bits per heavy atom. The normalized spacial score (nSPS) is 16.2. The molecule has 0 saturated heterocycles. The van der Waals surface area contributed by atoms with Crippen LogP contribution in [0.25, 0.3) is 5.57 Å². The summed E-state index contributed by atoms with van der Waals surface area (Å²) in [6.45, 7) is 0.496. The van der Waals surface area contributed by atoms with Gasteiger partial charge in [-0.15, -0.1) is 0 Å². The van der Waals surface area contributed by atoms with E-state index in [1.165, 1.54) is 54.8 Å². The summed E-state index contributed by atoms with van der Waals surface area (Å²) in [6.07, 6.45) is 2.33. The second-order valence-corrected chi connectivity index (χ2v) is 10.7. The number of sulfonamides is 2. The lowest BCUT2D eigenvalue weighted by Crippen LogP contribution is -2.34. The van der Waals surface area contributed by atoms with Gasteiger partial charge in [-0.2, -0.15) is 4.31 Å². The van der Waals surface area contributed by atoms with Crippen LogP contribution in [0.3, 0.4) is 0 Å². The standard InChI is InChI=1S/C19H21FN2O4S2/c1-21(2)27(23,24)18-7-9-19(10-8-18)28(25,26)22-13-11-16(12-14-22)15-3-5-17(20)6-4-15/h3-11H,12-14H2,1-2H3. The van der Waals surface area contributed by atoms with Gasteiger partial charge in [-0.1, -0.05) is 18.2 Å². The van der Waals surface area contributed by atoms with Gasteiger partial charge in [0.1, 0.15) is 5.82 Å². The highest BCUT2D eigenvalue weighted by molar-refractivity contribution is 7.89. The summed E-state index contributed by atoms with van der Waals surface area (Å²) in [7, 11) is -4.52. The highest BCUT2D eigenvalue weighted by Gasteiger charge is 2.27. The molecule has 9 heteroatoms. The molecule has 0 aromatic heterocycles. The quantitative estimate of drug-likeness (QED) is 0.739. The third kappa shape index (κ3) is 4.02. The van der Waals surface area contributed by atoms with E-state index in [4.69, 9.17) is 0 Å². The van der Waals surface area contributed by atoms with Crippen molar-refractivity contribution < 1.29 is 21.2 Å². The molecule has 6 nitrogen and oxygen atoms in total. The molecule has 1 heterocycles. The van der Waals surface area contributed by atoms with Crippen LogP contribution in [0.5, 0.6) is 0 Å². The zero-order valence-electron chi connectivity index (χ0n) is 15.5. The molecule has 1 aliphatic heterocycles. The third-order valence-corrected chi connectivity index (χ3v) is 8.34. The Bertz CT molecular complexity index is 1090. The summed E-state index contributed by atoms with van der Waals surface area (Å²) >= 11 is 0. The Kier molecular flexibility index (Phi) is 5.72. The molecule has 150 valence electrons. The summed E-state index contributed by atoms with van der Waals surface area (Å²) < 4.78 is 65.4. The average molecular weight is 425 g/mol. The van der Waals surface area contributed by atoms with Gasteiger partial charge in [0.15, 0.2) is 0 Å². The van der Waals surface area contributed by atoms with Crippen molar-refractivity contribution in [3.05, 3.63) is 66.0 Å². The average Bonchev–Trinajstić information content (AvgIpc) is 2.68. The van der Waals surface area contributed by atoms with E-state index < -0.39 is 20.0 Å². The van der Waals surface area contributed by atoms with Gasteiger partial charge in [-0.05, 0) is 54.0 Å². The van der Waals surface area contributed by atoms with Crippen LogP contribution in [-0.2, 0) is 20.0 Å². The minimum Gasteiger partial charge on any atom is -0.207 e. The molecule has 0 amide bonds. The van der Waals surface area contributed by atoms with Gasteiger partial charge in [0.25, 0.3) is 0 Å². The number of hydrogen-bond acceptors (Lipinski definition) is 4. The second kappa shape index (κ2) is 7.75. The van der Waals surface area contributed by atoms with Crippen molar-refractivity contribution in [2.75, 3.05) is 27.2 Å². The van der Waals surface area contributed by atoms with Gasteiger partial charge in [-0.25, -0.2) is 25.5 Å². The molecular weight excluding hydrogens is 403 g/mol. The van der Waals surface area contributed by atoms with Crippen molar-refractivity contribution in [2.24, 2.45) is 0 Å². The predicted molar refractivity (Wildman–Crippen MR) is 105 cm³/mol. The molecule has 2 aromatic carbocycles. The van der Waals surface area contributed by atoms with Crippen molar-refractivity contribution >= 4 is 25.6 Å². The van der Waals surface area contributed by atoms with Crippen LogP contribution in [-0.4, -0.2) is 52.6 Å². The molecule has 0 atom stereocenters. The molecule has 0 unspecified atom stereocenters. The molecule has 2 aromatic rings. The Labute approximate surface area is 165 Å². The maximum Gasteiger partial charge on any atom is 0.243 e. The van der Waals surface area contributed by atoms with E-state index in [-0.39, 0.29) is 22.2 Å². The zero-order valence-corrected chi connectivity index (χ0v) is 17.2. The van der Waals surface area contributed by atoms with Gasteiger partial charge >= 0.3 is 0 Å². The molecule has 0 fully saturated rings. The number of rotatable bonds is 5. The van der Waals surface area contributed by atoms with Crippen molar-refractivity contribution in [3.8, 4) is 0 Å². The van der Waals surface area contributed by atoms with Crippen molar-refractivity contribution in [1.29, 1.82) is 0 Å². The summed E-state index contributed by atoms with van der Waals surface area (Å²) in [5, 5.41) is 0. The fourth-order valence-electron chi connectivity index (χ4n) is 2.94. The summed E-state index contributed by atoms with van der Waals surface area (Å²) in [5.41, 5.74) is 1.84. The van der Waals surface area contributed by atoms with E-state index in [0.29, 0.717) is 13.0 Å². The molecule has 0 spiro atoms. The third-order valence-electron chi connectivity index (χ3n) is 4.63. The largest absolute Gasteiger partial charge is 0.243 e. The van der Waals surface area contributed by atoms with Crippen LogP contribution in [0.2, 0.25) is 0 Å². The van der Waals surface area contributed by atoms with Crippen LogP contribution >= 0.6 is 0 Å². The first-order chi connectivity index (χ1) is 13.1. The second-order valence-electron chi connectivity index (χ2n) is 6.61. The van der Waals surface area contributed by atoms with Gasteiger partial charge in [0.2, 0.25) is 20.0 Å². The first kappa shape index (κ1) is 20.7. The van der Waals surface area contributed by atoms with Gasteiger partial charge in [0.05, 0.1) is 9.79 Å². The van der Waals surface area contributed by atoms with Crippen LogP contribution in [0.15, 0.2) is 64.4 Å². The van der Waals surface area contributed by atoms with Crippen molar-refractivity contribution in [2.45, 2.75) is 16.2 Å². The Morgan fingerprint density at radius 2 is 1.46 bits per heavy atom. The molecule has 0 saturated carbocycles. The van der Waals surface area contributed by atoms with E-state index >= 15 is 0 Å². The molecule has 0 N–H and O–H groups in total. The highest BCUT2D eigenvalue weighted by Crippen LogP contribution is 2.27. The first-order valence-corrected chi connectivity index (χ1v) is 11.5. The molecule has 0 radical (unpaired) electrons. The molecular formula is C19H21FN2O4S2. The van der Waals surface area contributed by atoms with E-state index in [2.05, 4.69) is 0 Å². The minimum absolute atomic E-state index is 0.0357. The topological polar surface area (TPSA) is 74.8 Å². The Hall–Kier alpha value is -2.07. The lowest BCUT2D eigenvalue weighted by atomic mass is 10.0. The van der Waals surface area contributed by atoms with Crippen molar-refractivity contribution in [1.82, 2.24) is 8.61 Å². The zero-order chi connectivity index (χ0) is 20.5. The number of hydrogen-bond donors (Lipinski definition) is 0. The maximum absolute atomic E-state index is 13.1. The first-order valence-electron chi connectivity index (χ1n) is 8.60. The summed E-state index contributed by atoms with van der Waals surface area (Å²) in [4.78, 5) is 0.0809. The predicted octanol–water partition coefficient (Wildman–Crippen LogP) is 2.55. The smallest absolute Gasteiger partial charge is 0.207 e. The molecule has 28 heavy (non-hydrogen) atoms. The van der Waals surface area contributed by atoms with Crippen LogP contribution in [0.4, 0.5) is 4.39 Å². The summed E-state index contributed by atoms with van der Waals surface area (Å²) in [6, 6.07) is 11.3. The monoisotopic (exact) mass is 424 g/mol. The van der Waals surface area contributed by atoms with Crippen LogP contribution < -0.4 is 0 Å². The summed E-state index contributed by atoms with van der Waals surface area (Å²) in [5.74, 6) is -0.316. The van der Waals surface area contributed by atoms with E-state index in [1.54, 1.807) is 12.1 Å². The Balaban J connectivity index is 1.80. The molecule has 0 aliphatic carbocycles. The fraction of sp³-hybridized carbons (Fsp3) is 0.263.